The summed E-state index contributed by atoms with van der Waals surface area (Å²) in [5.41, 5.74) is 8.11. The lowest BCUT2D eigenvalue weighted by Gasteiger charge is -2.25. The third kappa shape index (κ3) is 1.73. The van der Waals surface area contributed by atoms with Gasteiger partial charge >= 0.3 is 0 Å². The van der Waals surface area contributed by atoms with Crippen molar-refractivity contribution in [2.24, 2.45) is 0 Å². The van der Waals surface area contributed by atoms with E-state index < -0.39 is 0 Å². The molecule has 1 aliphatic carbocycles. The van der Waals surface area contributed by atoms with E-state index in [0.717, 1.165) is 33.4 Å². The van der Waals surface area contributed by atoms with Crippen molar-refractivity contribution in [2.75, 3.05) is 0 Å². The summed E-state index contributed by atoms with van der Waals surface area (Å²) in [5, 5.41) is 0. The summed E-state index contributed by atoms with van der Waals surface area (Å²) in [5.74, 6) is -0.0102. The van der Waals surface area contributed by atoms with E-state index in [0.29, 0.717) is 22.3 Å². The Labute approximate surface area is 131 Å². The van der Waals surface area contributed by atoms with Gasteiger partial charge in [0, 0.05) is 22.3 Å². The third-order valence-corrected chi connectivity index (χ3v) is 5.00. The van der Waals surface area contributed by atoms with Crippen molar-refractivity contribution in [3.63, 3.8) is 0 Å². The summed E-state index contributed by atoms with van der Waals surface area (Å²) in [6, 6.07) is 4.00. The minimum absolute atomic E-state index is 0.00167. The van der Waals surface area contributed by atoms with Gasteiger partial charge in [0.2, 0.25) is 0 Å². The van der Waals surface area contributed by atoms with E-state index >= 15 is 0 Å². The first-order valence-electron chi connectivity index (χ1n) is 7.56. The van der Waals surface area contributed by atoms with Crippen molar-refractivity contribution in [1.29, 1.82) is 0 Å². The SMILES string of the molecule is Cc1cc(C)c2c(c1C)C(=O)c1c(C)c(C)cc(C)c1C2=O. The Kier molecular flexibility index (Phi) is 3.10. The number of ketones is 2. The fourth-order valence-corrected chi connectivity index (χ4v) is 3.58. The highest BCUT2D eigenvalue weighted by atomic mass is 16.1. The number of aryl methyl sites for hydroxylation is 4. The maximum Gasteiger partial charge on any atom is 0.195 e. The molecule has 0 N–H and O–H groups in total. The lowest BCUT2D eigenvalue weighted by atomic mass is 9.75. The molecule has 0 saturated heterocycles. The van der Waals surface area contributed by atoms with Crippen molar-refractivity contribution in [3.8, 4) is 0 Å². The second kappa shape index (κ2) is 4.64. The second-order valence-electron chi connectivity index (χ2n) is 6.43. The van der Waals surface area contributed by atoms with Gasteiger partial charge in [0.25, 0.3) is 0 Å². The van der Waals surface area contributed by atoms with Crippen LogP contribution in [0.1, 0.15) is 65.2 Å². The number of carbonyl (C=O) groups is 2. The van der Waals surface area contributed by atoms with Gasteiger partial charge in [-0.25, -0.2) is 0 Å². The van der Waals surface area contributed by atoms with Gasteiger partial charge in [0.1, 0.15) is 0 Å². The van der Waals surface area contributed by atoms with Crippen molar-refractivity contribution in [1.82, 2.24) is 0 Å². The summed E-state index contributed by atoms with van der Waals surface area (Å²) >= 11 is 0. The molecule has 0 atom stereocenters. The fourth-order valence-electron chi connectivity index (χ4n) is 3.58. The third-order valence-electron chi connectivity index (χ3n) is 5.00. The first kappa shape index (κ1) is 14.7. The molecule has 22 heavy (non-hydrogen) atoms. The monoisotopic (exact) mass is 292 g/mol. The number of benzene rings is 2. The normalized spacial score (nSPS) is 13.2. The molecule has 0 aromatic heterocycles. The standard InChI is InChI=1S/C20H20O2/c1-9-7-11(3)15-17(13(9)5)20(22)18-14(6)10(2)8-12(4)16(18)19(15)21/h7-8H,1-6H3. The molecule has 0 radical (unpaired) electrons. The second-order valence-corrected chi connectivity index (χ2v) is 6.43. The van der Waals surface area contributed by atoms with Gasteiger partial charge in [0.05, 0.1) is 0 Å². The zero-order valence-electron chi connectivity index (χ0n) is 14.0. The molecule has 0 heterocycles. The molecule has 2 nitrogen and oxygen atoms in total. The molecule has 0 unspecified atom stereocenters. The minimum atomic E-state index is -0.00852. The highest BCUT2D eigenvalue weighted by Gasteiger charge is 2.35. The van der Waals surface area contributed by atoms with Crippen LogP contribution in [0.3, 0.4) is 0 Å². The minimum Gasteiger partial charge on any atom is -0.289 e. The van der Waals surface area contributed by atoms with E-state index in [9.17, 15) is 9.59 Å². The summed E-state index contributed by atoms with van der Waals surface area (Å²) < 4.78 is 0. The van der Waals surface area contributed by atoms with Crippen LogP contribution in [-0.2, 0) is 0 Å². The Bertz CT molecular complexity index is 801. The van der Waals surface area contributed by atoms with Crippen LogP contribution in [0.5, 0.6) is 0 Å². The Balaban J connectivity index is 2.49. The number of rotatable bonds is 0. The first-order chi connectivity index (χ1) is 10.3. The van der Waals surface area contributed by atoms with E-state index in [1.807, 2.05) is 53.7 Å². The lowest BCUT2D eigenvalue weighted by molar-refractivity contribution is 0.0976. The molecule has 0 bridgehead atoms. The molecule has 2 aromatic carbocycles. The molecule has 3 rings (SSSR count). The van der Waals surface area contributed by atoms with Gasteiger partial charge in [0.15, 0.2) is 11.6 Å². The van der Waals surface area contributed by atoms with Crippen LogP contribution in [0.4, 0.5) is 0 Å². The number of fused-ring (bicyclic) bond motifs is 2. The molecule has 0 aliphatic heterocycles. The van der Waals surface area contributed by atoms with Crippen LogP contribution in [0, 0.1) is 41.5 Å². The van der Waals surface area contributed by atoms with Crippen molar-refractivity contribution < 1.29 is 9.59 Å². The van der Waals surface area contributed by atoms with Gasteiger partial charge in [-0.2, -0.15) is 0 Å². The Morgan fingerprint density at radius 3 is 1.18 bits per heavy atom. The molecule has 0 saturated carbocycles. The van der Waals surface area contributed by atoms with Gasteiger partial charge < -0.3 is 0 Å². The van der Waals surface area contributed by atoms with Crippen LogP contribution in [0.2, 0.25) is 0 Å². The zero-order chi connectivity index (χ0) is 16.3. The average Bonchev–Trinajstić information content (AvgIpc) is 2.44. The predicted octanol–water partition coefficient (Wildman–Crippen LogP) is 4.31. The highest BCUT2D eigenvalue weighted by Crippen LogP contribution is 2.36. The molecule has 0 spiro atoms. The van der Waals surface area contributed by atoms with E-state index in [1.165, 1.54) is 0 Å². The molecule has 2 heteroatoms. The number of carbonyl (C=O) groups excluding carboxylic acids is 2. The van der Waals surface area contributed by atoms with Crippen molar-refractivity contribution in [2.45, 2.75) is 41.5 Å². The summed E-state index contributed by atoms with van der Waals surface area (Å²) in [4.78, 5) is 26.2. The topological polar surface area (TPSA) is 34.1 Å². The Morgan fingerprint density at radius 1 is 0.500 bits per heavy atom. The smallest absolute Gasteiger partial charge is 0.195 e. The van der Waals surface area contributed by atoms with Gasteiger partial charge in [-0.3, -0.25) is 9.59 Å². The first-order valence-corrected chi connectivity index (χ1v) is 7.56. The maximum absolute atomic E-state index is 13.2. The molecule has 112 valence electrons. The van der Waals surface area contributed by atoms with Crippen LogP contribution in [-0.4, -0.2) is 11.6 Å². The molecule has 2 aromatic rings. The average molecular weight is 292 g/mol. The van der Waals surface area contributed by atoms with Crippen LogP contribution < -0.4 is 0 Å². The fraction of sp³-hybridized carbons (Fsp3) is 0.300. The molecular weight excluding hydrogens is 272 g/mol. The van der Waals surface area contributed by atoms with Gasteiger partial charge in [-0.1, -0.05) is 12.1 Å². The van der Waals surface area contributed by atoms with E-state index in [1.54, 1.807) is 0 Å². The highest BCUT2D eigenvalue weighted by molar-refractivity contribution is 6.30. The van der Waals surface area contributed by atoms with Gasteiger partial charge in [-0.05, 0) is 74.9 Å². The van der Waals surface area contributed by atoms with Gasteiger partial charge in [-0.15, -0.1) is 0 Å². The number of hydrogen-bond acceptors (Lipinski definition) is 2. The summed E-state index contributed by atoms with van der Waals surface area (Å²) in [7, 11) is 0. The van der Waals surface area contributed by atoms with E-state index in [4.69, 9.17) is 0 Å². The lowest BCUT2D eigenvalue weighted by Crippen LogP contribution is -2.26. The zero-order valence-corrected chi connectivity index (χ0v) is 14.0. The molecule has 1 aliphatic rings. The summed E-state index contributed by atoms with van der Waals surface area (Å²) in [6.07, 6.45) is 0. The van der Waals surface area contributed by atoms with Crippen LogP contribution in [0.15, 0.2) is 12.1 Å². The van der Waals surface area contributed by atoms with Crippen molar-refractivity contribution >= 4 is 11.6 Å². The van der Waals surface area contributed by atoms with Crippen molar-refractivity contribution in [3.05, 3.63) is 67.8 Å². The Hall–Kier alpha value is -2.22. The van der Waals surface area contributed by atoms with E-state index in [2.05, 4.69) is 0 Å². The molecular formula is C20H20O2. The maximum atomic E-state index is 13.2. The number of hydrogen-bond donors (Lipinski definition) is 0. The predicted molar refractivity (Wildman–Crippen MR) is 88.2 cm³/mol. The molecule has 0 fully saturated rings. The molecule has 0 amide bonds. The quantitative estimate of drug-likeness (QED) is 0.618. The summed E-state index contributed by atoms with van der Waals surface area (Å²) in [6.45, 7) is 11.7. The van der Waals surface area contributed by atoms with Crippen LogP contribution >= 0.6 is 0 Å². The largest absolute Gasteiger partial charge is 0.289 e. The van der Waals surface area contributed by atoms with Crippen LogP contribution in [0.25, 0.3) is 0 Å². The van der Waals surface area contributed by atoms with E-state index in [-0.39, 0.29) is 11.6 Å². The Morgan fingerprint density at radius 2 is 0.818 bits per heavy atom.